The predicted molar refractivity (Wildman–Crippen MR) is 130 cm³/mol. The summed E-state index contributed by atoms with van der Waals surface area (Å²) < 4.78 is 44.8. The number of hydrogen-bond donors (Lipinski definition) is 1. The number of piperidine rings is 1. The van der Waals surface area contributed by atoms with Crippen LogP contribution in [0.5, 0.6) is 5.75 Å². The van der Waals surface area contributed by atoms with Gasteiger partial charge in [-0.05, 0) is 51.0 Å². The van der Waals surface area contributed by atoms with Crippen LogP contribution >= 0.6 is 0 Å². The molecule has 8 nitrogen and oxygen atoms in total. The molecule has 0 unspecified atom stereocenters. The molecule has 0 aliphatic carbocycles. The number of rotatable bonds is 8. The van der Waals surface area contributed by atoms with Crippen molar-refractivity contribution in [3.8, 4) is 5.75 Å². The van der Waals surface area contributed by atoms with Gasteiger partial charge in [-0.3, -0.25) is 4.79 Å². The summed E-state index contributed by atoms with van der Waals surface area (Å²) in [6.07, 6.45) is 2.68. The van der Waals surface area contributed by atoms with E-state index in [1.807, 2.05) is 32.0 Å². The first-order valence-corrected chi connectivity index (χ1v) is 12.9. The Kier molecular flexibility index (Phi) is 7.25. The third-order valence-electron chi connectivity index (χ3n) is 5.84. The minimum absolute atomic E-state index is 0.0265. The summed E-state index contributed by atoms with van der Waals surface area (Å²) >= 11 is 0. The fourth-order valence-electron chi connectivity index (χ4n) is 4.05. The Morgan fingerprint density at radius 1 is 1.12 bits per heavy atom. The molecule has 1 N–H and O–H groups in total. The van der Waals surface area contributed by atoms with Crippen molar-refractivity contribution < 1.29 is 27.1 Å². The number of fused-ring (bicyclic) bond motifs is 1. The van der Waals surface area contributed by atoms with Crippen molar-refractivity contribution in [2.45, 2.75) is 50.7 Å². The smallest absolute Gasteiger partial charge is 0.291 e. The van der Waals surface area contributed by atoms with Crippen molar-refractivity contribution in [2.24, 2.45) is 0 Å². The van der Waals surface area contributed by atoms with Crippen molar-refractivity contribution in [1.82, 2.24) is 4.31 Å². The zero-order valence-electron chi connectivity index (χ0n) is 19.7. The number of hydrogen-bond acceptors (Lipinski definition) is 6. The van der Waals surface area contributed by atoms with E-state index in [-0.39, 0.29) is 29.1 Å². The lowest BCUT2D eigenvalue weighted by molar-refractivity contribution is 0.0648. The van der Waals surface area contributed by atoms with E-state index in [1.54, 1.807) is 12.1 Å². The highest BCUT2D eigenvalue weighted by Gasteiger charge is 2.28. The topological polar surface area (TPSA) is 98.1 Å². The minimum atomic E-state index is -3.67. The number of para-hydroxylation sites is 1. The van der Waals surface area contributed by atoms with Gasteiger partial charge in [-0.2, -0.15) is 4.31 Å². The summed E-state index contributed by atoms with van der Waals surface area (Å²) in [6.45, 7) is 5.03. The fourth-order valence-corrected chi connectivity index (χ4v) is 5.60. The second-order valence-corrected chi connectivity index (χ2v) is 10.5. The van der Waals surface area contributed by atoms with E-state index in [9.17, 15) is 13.2 Å². The van der Waals surface area contributed by atoms with Gasteiger partial charge in [0.25, 0.3) is 5.91 Å². The van der Waals surface area contributed by atoms with E-state index in [2.05, 4.69) is 5.32 Å². The number of carbonyl (C=O) groups excluding carboxylic acids is 1. The number of ether oxygens (including phenoxy) is 2. The predicted octanol–water partition coefficient (Wildman–Crippen LogP) is 4.79. The largest absolute Gasteiger partial charge is 0.495 e. The van der Waals surface area contributed by atoms with Crippen LogP contribution in [0, 0.1) is 0 Å². The molecule has 2 aromatic carbocycles. The van der Waals surface area contributed by atoms with Gasteiger partial charge in [0.2, 0.25) is 10.0 Å². The number of nitrogens with zero attached hydrogens (tertiary/aromatic N) is 1. The Bertz CT molecular complexity index is 1280. The molecule has 1 aliphatic heterocycles. The van der Waals surface area contributed by atoms with Gasteiger partial charge in [0, 0.05) is 24.0 Å². The molecule has 1 aliphatic rings. The van der Waals surface area contributed by atoms with Crippen LogP contribution in [0.15, 0.2) is 51.8 Å². The Balaban J connectivity index is 1.67. The van der Waals surface area contributed by atoms with Gasteiger partial charge in [-0.15, -0.1) is 0 Å². The zero-order chi connectivity index (χ0) is 24.3. The summed E-state index contributed by atoms with van der Waals surface area (Å²) in [4.78, 5) is 13.4. The third kappa shape index (κ3) is 4.96. The Morgan fingerprint density at radius 3 is 2.56 bits per heavy atom. The minimum Gasteiger partial charge on any atom is -0.495 e. The Morgan fingerprint density at radius 2 is 1.85 bits per heavy atom. The molecular formula is C25H30N2O6S. The first kappa shape index (κ1) is 24.3. The molecule has 0 bridgehead atoms. The molecule has 9 heteroatoms. The van der Waals surface area contributed by atoms with Crippen molar-refractivity contribution in [3.05, 3.63) is 53.8 Å². The van der Waals surface area contributed by atoms with Crippen LogP contribution in [-0.4, -0.2) is 44.9 Å². The molecule has 1 fully saturated rings. The SMILES string of the molecule is COc1ccc(S(=O)(=O)N2CCCCC2)cc1NC(=O)c1oc2ccccc2c1COC(C)C. The molecule has 1 amide bonds. The number of methoxy groups -OCH3 is 1. The molecule has 0 saturated carbocycles. The molecule has 34 heavy (non-hydrogen) atoms. The van der Waals surface area contributed by atoms with E-state index in [0.29, 0.717) is 30.0 Å². The Labute approximate surface area is 199 Å². The number of amides is 1. The average molecular weight is 487 g/mol. The molecule has 1 saturated heterocycles. The molecule has 4 rings (SSSR count). The van der Waals surface area contributed by atoms with E-state index in [1.165, 1.54) is 23.5 Å². The number of furan rings is 1. The van der Waals surface area contributed by atoms with E-state index in [0.717, 1.165) is 24.6 Å². The highest BCUT2D eigenvalue weighted by Crippen LogP contribution is 2.32. The van der Waals surface area contributed by atoms with Gasteiger partial charge >= 0.3 is 0 Å². The molecule has 2 heterocycles. The van der Waals surface area contributed by atoms with Gasteiger partial charge in [0.15, 0.2) is 5.76 Å². The summed E-state index contributed by atoms with van der Waals surface area (Å²) in [5.74, 6) is -0.0420. The number of carbonyl (C=O) groups is 1. The zero-order valence-corrected chi connectivity index (χ0v) is 20.5. The van der Waals surface area contributed by atoms with Crippen molar-refractivity contribution in [3.63, 3.8) is 0 Å². The maximum atomic E-state index is 13.3. The Hall–Kier alpha value is -2.88. The average Bonchev–Trinajstić information content (AvgIpc) is 3.22. The number of nitrogens with one attached hydrogen (secondary N) is 1. The maximum Gasteiger partial charge on any atom is 0.291 e. The van der Waals surface area contributed by atoms with Gasteiger partial charge in [0.05, 0.1) is 30.4 Å². The summed E-state index contributed by atoms with van der Waals surface area (Å²) in [7, 11) is -2.21. The van der Waals surface area contributed by atoms with Gasteiger partial charge in [0.1, 0.15) is 11.3 Å². The summed E-state index contributed by atoms with van der Waals surface area (Å²) in [5, 5.41) is 3.58. The second-order valence-electron chi connectivity index (χ2n) is 8.55. The molecule has 182 valence electrons. The van der Waals surface area contributed by atoms with E-state index >= 15 is 0 Å². The van der Waals surface area contributed by atoms with Crippen LogP contribution in [0.4, 0.5) is 5.69 Å². The normalized spacial score (nSPS) is 15.1. The number of sulfonamides is 1. The molecule has 3 aromatic rings. The van der Waals surface area contributed by atoms with Gasteiger partial charge in [-0.1, -0.05) is 24.6 Å². The molecule has 1 aromatic heterocycles. The van der Waals surface area contributed by atoms with Crippen LogP contribution < -0.4 is 10.1 Å². The quantitative estimate of drug-likeness (QED) is 0.491. The van der Waals surface area contributed by atoms with Crippen molar-refractivity contribution in [2.75, 3.05) is 25.5 Å². The fraction of sp³-hybridized carbons (Fsp3) is 0.400. The lowest BCUT2D eigenvalue weighted by Crippen LogP contribution is -2.35. The number of anilines is 1. The lowest BCUT2D eigenvalue weighted by atomic mass is 10.1. The molecule has 0 atom stereocenters. The van der Waals surface area contributed by atoms with Crippen LogP contribution in [0.2, 0.25) is 0 Å². The van der Waals surface area contributed by atoms with E-state index in [4.69, 9.17) is 13.9 Å². The second kappa shape index (κ2) is 10.2. The molecule has 0 spiro atoms. The molecule has 0 radical (unpaired) electrons. The van der Waals surface area contributed by atoms with Crippen LogP contribution in [0.3, 0.4) is 0 Å². The van der Waals surface area contributed by atoms with Crippen molar-refractivity contribution >= 4 is 32.6 Å². The van der Waals surface area contributed by atoms with Gasteiger partial charge in [-0.25, -0.2) is 8.42 Å². The van der Waals surface area contributed by atoms with Gasteiger partial charge < -0.3 is 19.2 Å². The first-order chi connectivity index (χ1) is 16.3. The lowest BCUT2D eigenvalue weighted by Gasteiger charge is -2.26. The first-order valence-electron chi connectivity index (χ1n) is 11.4. The van der Waals surface area contributed by atoms with Crippen LogP contribution in [-0.2, 0) is 21.4 Å². The maximum absolute atomic E-state index is 13.3. The highest BCUT2D eigenvalue weighted by atomic mass is 32.2. The number of benzene rings is 2. The van der Waals surface area contributed by atoms with Crippen LogP contribution in [0.1, 0.15) is 49.2 Å². The summed E-state index contributed by atoms with van der Waals surface area (Å²) in [6, 6.07) is 11.9. The van der Waals surface area contributed by atoms with Crippen molar-refractivity contribution in [1.29, 1.82) is 0 Å². The monoisotopic (exact) mass is 486 g/mol. The standard InChI is InChI=1S/C25H30N2O6S/c1-17(2)32-16-20-19-9-5-6-10-22(19)33-24(20)25(28)26-21-15-18(11-12-23(21)31-3)34(29,30)27-13-7-4-8-14-27/h5-6,9-12,15,17H,4,7-8,13-14,16H2,1-3H3,(H,26,28). The summed E-state index contributed by atoms with van der Waals surface area (Å²) in [5.41, 5.74) is 1.46. The van der Waals surface area contributed by atoms with Crippen LogP contribution in [0.25, 0.3) is 11.0 Å². The van der Waals surface area contributed by atoms with E-state index < -0.39 is 15.9 Å². The third-order valence-corrected chi connectivity index (χ3v) is 7.73. The highest BCUT2D eigenvalue weighted by molar-refractivity contribution is 7.89. The molecular weight excluding hydrogens is 456 g/mol.